The number of nitrogens with zero attached hydrogens (tertiary/aromatic N) is 1. The van der Waals surface area contributed by atoms with Crippen LogP contribution in [0.2, 0.25) is 0 Å². The zero-order chi connectivity index (χ0) is 16.4. The maximum atomic E-state index is 13.7. The molecule has 124 valence electrons. The SMILES string of the molecule is CCS(=O)C1CCCC(Nc2ccc3cc(Br)c(F)cc3n2)C1. The number of anilines is 1. The third-order valence-corrected chi connectivity index (χ3v) is 6.71. The van der Waals surface area contributed by atoms with Gasteiger partial charge in [-0.2, -0.15) is 0 Å². The molecule has 1 fully saturated rings. The van der Waals surface area contributed by atoms with Gasteiger partial charge in [0.1, 0.15) is 11.6 Å². The Morgan fingerprint density at radius 2 is 2.22 bits per heavy atom. The van der Waals surface area contributed by atoms with Crippen LogP contribution < -0.4 is 5.32 Å². The quantitative estimate of drug-likeness (QED) is 0.815. The molecule has 0 saturated heterocycles. The van der Waals surface area contributed by atoms with E-state index in [0.29, 0.717) is 9.99 Å². The van der Waals surface area contributed by atoms with Gasteiger partial charge in [0.2, 0.25) is 0 Å². The van der Waals surface area contributed by atoms with Crippen LogP contribution in [0.25, 0.3) is 10.9 Å². The number of benzene rings is 1. The normalized spacial score (nSPS) is 22.9. The molecule has 1 heterocycles. The van der Waals surface area contributed by atoms with Gasteiger partial charge >= 0.3 is 0 Å². The Morgan fingerprint density at radius 3 is 3.00 bits per heavy atom. The van der Waals surface area contributed by atoms with Crippen molar-refractivity contribution in [3.8, 4) is 0 Å². The molecule has 0 aliphatic heterocycles. The summed E-state index contributed by atoms with van der Waals surface area (Å²) in [6.45, 7) is 1.98. The summed E-state index contributed by atoms with van der Waals surface area (Å²) in [4.78, 5) is 4.51. The first-order chi connectivity index (χ1) is 11.1. The van der Waals surface area contributed by atoms with E-state index < -0.39 is 10.8 Å². The zero-order valence-corrected chi connectivity index (χ0v) is 15.4. The van der Waals surface area contributed by atoms with Crippen molar-refractivity contribution in [1.82, 2.24) is 4.98 Å². The number of fused-ring (bicyclic) bond motifs is 1. The second-order valence-corrected chi connectivity index (χ2v) is 8.81. The topological polar surface area (TPSA) is 42.0 Å². The van der Waals surface area contributed by atoms with Crippen LogP contribution >= 0.6 is 15.9 Å². The highest BCUT2D eigenvalue weighted by Gasteiger charge is 2.25. The lowest BCUT2D eigenvalue weighted by Crippen LogP contribution is -2.33. The van der Waals surface area contributed by atoms with E-state index in [1.54, 1.807) is 6.07 Å². The lowest BCUT2D eigenvalue weighted by Gasteiger charge is -2.29. The lowest BCUT2D eigenvalue weighted by molar-refractivity contribution is 0.464. The van der Waals surface area contributed by atoms with E-state index in [1.165, 1.54) is 6.07 Å². The van der Waals surface area contributed by atoms with E-state index in [-0.39, 0.29) is 17.1 Å². The van der Waals surface area contributed by atoms with Crippen LogP contribution in [0, 0.1) is 5.82 Å². The van der Waals surface area contributed by atoms with E-state index in [9.17, 15) is 8.60 Å². The molecule has 0 bridgehead atoms. The van der Waals surface area contributed by atoms with Crippen LogP contribution in [-0.4, -0.2) is 26.2 Å². The Labute approximate surface area is 146 Å². The van der Waals surface area contributed by atoms with Crippen molar-refractivity contribution in [3.05, 3.63) is 34.6 Å². The van der Waals surface area contributed by atoms with Gasteiger partial charge in [-0.25, -0.2) is 9.37 Å². The molecule has 1 aromatic heterocycles. The molecule has 1 saturated carbocycles. The molecule has 23 heavy (non-hydrogen) atoms. The highest BCUT2D eigenvalue weighted by atomic mass is 79.9. The molecule has 1 aromatic carbocycles. The summed E-state index contributed by atoms with van der Waals surface area (Å²) in [5.74, 6) is 1.17. The second kappa shape index (κ2) is 7.26. The number of nitrogens with one attached hydrogen (secondary N) is 1. The molecule has 3 rings (SSSR count). The van der Waals surface area contributed by atoms with Crippen LogP contribution in [0.4, 0.5) is 10.2 Å². The van der Waals surface area contributed by atoms with E-state index in [2.05, 4.69) is 26.2 Å². The second-order valence-electron chi connectivity index (χ2n) is 5.95. The molecular weight excluding hydrogens is 379 g/mol. The lowest BCUT2D eigenvalue weighted by atomic mass is 9.95. The third-order valence-electron chi connectivity index (χ3n) is 4.37. The fraction of sp³-hybridized carbons (Fsp3) is 0.471. The van der Waals surface area contributed by atoms with E-state index in [4.69, 9.17) is 0 Å². The van der Waals surface area contributed by atoms with Crippen molar-refractivity contribution in [2.24, 2.45) is 0 Å². The number of hydrogen-bond donors (Lipinski definition) is 1. The Balaban J connectivity index is 1.76. The molecule has 6 heteroatoms. The van der Waals surface area contributed by atoms with Crippen LogP contribution in [0.1, 0.15) is 32.6 Å². The number of halogens is 2. The van der Waals surface area contributed by atoms with Crippen molar-refractivity contribution < 1.29 is 8.60 Å². The number of pyridine rings is 1. The van der Waals surface area contributed by atoms with E-state index in [0.717, 1.165) is 42.6 Å². The summed E-state index contributed by atoms with van der Waals surface area (Å²) in [5.41, 5.74) is 0.639. The third kappa shape index (κ3) is 3.91. The maximum Gasteiger partial charge on any atom is 0.139 e. The van der Waals surface area contributed by atoms with Crippen LogP contribution in [0.3, 0.4) is 0 Å². The maximum absolute atomic E-state index is 13.7. The van der Waals surface area contributed by atoms with Gasteiger partial charge in [0.25, 0.3) is 0 Å². The van der Waals surface area contributed by atoms with Crippen molar-refractivity contribution in [1.29, 1.82) is 0 Å². The summed E-state index contributed by atoms with van der Waals surface area (Å²) in [6, 6.07) is 7.34. The van der Waals surface area contributed by atoms with Crippen molar-refractivity contribution in [2.45, 2.75) is 43.9 Å². The summed E-state index contributed by atoms with van der Waals surface area (Å²) in [5, 5.41) is 4.61. The monoisotopic (exact) mass is 398 g/mol. The van der Waals surface area contributed by atoms with Gasteiger partial charge < -0.3 is 5.32 Å². The molecule has 1 N–H and O–H groups in total. The van der Waals surface area contributed by atoms with Crippen LogP contribution in [-0.2, 0) is 10.8 Å². The molecule has 1 aliphatic rings. The van der Waals surface area contributed by atoms with Crippen LogP contribution in [0.5, 0.6) is 0 Å². The molecule has 2 aromatic rings. The minimum Gasteiger partial charge on any atom is -0.367 e. The Kier molecular flexibility index (Phi) is 5.31. The molecule has 0 radical (unpaired) electrons. The van der Waals surface area contributed by atoms with Gasteiger partial charge in [-0.05, 0) is 53.4 Å². The van der Waals surface area contributed by atoms with Gasteiger partial charge in [0.15, 0.2) is 0 Å². The highest BCUT2D eigenvalue weighted by molar-refractivity contribution is 9.10. The predicted octanol–water partition coefficient (Wildman–Crippen LogP) is 4.63. The van der Waals surface area contributed by atoms with Gasteiger partial charge in [-0.3, -0.25) is 4.21 Å². The molecular formula is C17H20BrFN2OS. The minimum atomic E-state index is -0.735. The minimum absolute atomic E-state index is 0.278. The van der Waals surface area contributed by atoms with Gasteiger partial charge in [0.05, 0.1) is 9.99 Å². The molecule has 0 amide bonds. The molecule has 3 nitrogen and oxygen atoms in total. The number of rotatable bonds is 4. The largest absolute Gasteiger partial charge is 0.367 e. The standard InChI is InChI=1S/C17H20BrFN2OS/c1-2-23(22)13-5-3-4-12(9-13)20-17-7-6-11-8-14(18)15(19)10-16(11)21-17/h6-8,10,12-13H,2-5,9H2,1H3,(H,20,21). The van der Waals surface area contributed by atoms with E-state index in [1.807, 2.05) is 19.1 Å². The predicted molar refractivity (Wildman–Crippen MR) is 97.8 cm³/mol. The van der Waals surface area contributed by atoms with Crippen molar-refractivity contribution >= 4 is 43.5 Å². The van der Waals surface area contributed by atoms with E-state index >= 15 is 0 Å². The van der Waals surface area contributed by atoms with Gasteiger partial charge in [-0.1, -0.05) is 13.3 Å². The van der Waals surface area contributed by atoms with Gasteiger partial charge in [0, 0.05) is 39.3 Å². The highest BCUT2D eigenvalue weighted by Crippen LogP contribution is 2.27. The Morgan fingerprint density at radius 1 is 1.39 bits per heavy atom. The summed E-state index contributed by atoms with van der Waals surface area (Å²) in [6.07, 6.45) is 4.10. The first kappa shape index (κ1) is 16.8. The average molecular weight is 399 g/mol. The van der Waals surface area contributed by atoms with Gasteiger partial charge in [-0.15, -0.1) is 0 Å². The van der Waals surface area contributed by atoms with Crippen molar-refractivity contribution in [3.63, 3.8) is 0 Å². The molecule has 3 atom stereocenters. The molecule has 0 spiro atoms. The summed E-state index contributed by atoms with van der Waals surface area (Å²) in [7, 11) is -0.735. The first-order valence-corrected chi connectivity index (χ1v) is 10.1. The van der Waals surface area contributed by atoms with Crippen molar-refractivity contribution in [2.75, 3.05) is 11.1 Å². The Bertz CT molecular complexity index is 740. The average Bonchev–Trinajstić information content (AvgIpc) is 2.56. The Hall–Kier alpha value is -1.01. The first-order valence-electron chi connectivity index (χ1n) is 7.96. The molecule has 3 unspecified atom stereocenters. The smallest absolute Gasteiger partial charge is 0.139 e. The van der Waals surface area contributed by atoms with Crippen LogP contribution in [0.15, 0.2) is 28.7 Å². The summed E-state index contributed by atoms with van der Waals surface area (Å²) < 4.78 is 26.2. The number of aromatic nitrogens is 1. The summed E-state index contributed by atoms with van der Waals surface area (Å²) >= 11 is 3.19. The molecule has 1 aliphatic carbocycles. The fourth-order valence-corrected chi connectivity index (χ4v) is 4.87. The number of hydrogen-bond acceptors (Lipinski definition) is 3. The fourth-order valence-electron chi connectivity index (χ4n) is 3.16. The zero-order valence-electron chi connectivity index (χ0n) is 13.0.